The molecule has 0 saturated carbocycles. The molecule has 5 aromatic rings. The van der Waals surface area contributed by atoms with E-state index >= 15 is 4.39 Å². The molecule has 0 aliphatic rings. The second-order valence-corrected chi connectivity index (χ2v) is 9.05. The largest absolute Gasteiger partial charge is 0.423 e. The molecule has 10 nitrogen and oxygen atoms in total. The zero-order valence-corrected chi connectivity index (χ0v) is 20.3. The average Bonchev–Trinajstić information content (AvgIpc) is 3.29. The molecule has 0 saturated heterocycles. The van der Waals surface area contributed by atoms with E-state index in [1.54, 1.807) is 35.6 Å². The summed E-state index contributed by atoms with van der Waals surface area (Å²) in [4.78, 5) is 29.0. The lowest BCUT2D eigenvalue weighted by atomic mass is 10.1. The minimum Gasteiger partial charge on any atom is -0.391 e. The number of nitrogens with one attached hydrogen (secondary N) is 2. The van der Waals surface area contributed by atoms with Gasteiger partial charge in [-0.05, 0) is 49.1 Å². The zero-order chi connectivity index (χ0) is 27.9. The van der Waals surface area contributed by atoms with Gasteiger partial charge in [0.2, 0.25) is 0 Å². The van der Waals surface area contributed by atoms with Crippen molar-refractivity contribution in [3.63, 3.8) is 0 Å². The molecule has 39 heavy (non-hydrogen) atoms. The Labute approximate surface area is 216 Å². The van der Waals surface area contributed by atoms with Crippen molar-refractivity contribution in [2.45, 2.75) is 38.2 Å². The summed E-state index contributed by atoms with van der Waals surface area (Å²) in [6.45, 7) is 1.32. The van der Waals surface area contributed by atoms with Crippen LogP contribution in [0.1, 0.15) is 18.9 Å². The Morgan fingerprint density at radius 2 is 1.95 bits per heavy atom. The lowest BCUT2D eigenvalue weighted by Gasteiger charge is -2.21. The molecule has 5 rings (SSSR count). The summed E-state index contributed by atoms with van der Waals surface area (Å²) in [5, 5.41) is 23.0. The van der Waals surface area contributed by atoms with Gasteiger partial charge in [-0.15, -0.1) is 5.10 Å². The van der Waals surface area contributed by atoms with E-state index in [-0.39, 0.29) is 29.7 Å². The van der Waals surface area contributed by atoms with Crippen molar-refractivity contribution in [2.75, 3.05) is 5.32 Å². The molecule has 3 N–H and O–H groups in total. The average molecular weight is 543 g/mol. The number of aliphatic hydroxyl groups excluding tert-OH is 1. The number of nitrogens with zero attached hydrogens (tertiary/aromatic N) is 5. The van der Waals surface area contributed by atoms with Crippen LogP contribution < -0.4 is 16.4 Å². The molecule has 14 heteroatoms. The highest BCUT2D eigenvalue weighted by Gasteiger charge is 2.37. The fourth-order valence-electron chi connectivity index (χ4n) is 4.39. The van der Waals surface area contributed by atoms with Crippen LogP contribution >= 0.6 is 0 Å². The molecule has 0 aliphatic carbocycles. The van der Waals surface area contributed by atoms with E-state index in [0.29, 0.717) is 11.0 Å². The van der Waals surface area contributed by atoms with Crippen LogP contribution in [0.2, 0.25) is 0 Å². The van der Waals surface area contributed by atoms with Gasteiger partial charge in [-0.3, -0.25) is 9.59 Å². The van der Waals surface area contributed by atoms with Crippen LogP contribution in [0.3, 0.4) is 0 Å². The van der Waals surface area contributed by atoms with E-state index in [4.69, 9.17) is 0 Å². The first-order chi connectivity index (χ1) is 18.5. The van der Waals surface area contributed by atoms with Crippen LogP contribution in [0.25, 0.3) is 27.8 Å². The van der Waals surface area contributed by atoms with Gasteiger partial charge in [0.1, 0.15) is 11.4 Å². The van der Waals surface area contributed by atoms with Gasteiger partial charge < -0.3 is 15.0 Å². The Balaban J connectivity index is 1.34. The highest BCUT2D eigenvalue weighted by Crippen LogP contribution is 2.32. The summed E-state index contributed by atoms with van der Waals surface area (Å²) >= 11 is 0. The van der Waals surface area contributed by atoms with E-state index in [0.717, 1.165) is 12.3 Å². The van der Waals surface area contributed by atoms with Gasteiger partial charge in [-0.25, -0.2) is 19.0 Å². The summed E-state index contributed by atoms with van der Waals surface area (Å²) in [6, 6.07) is 8.68. The number of alkyl halides is 3. The Kier molecular flexibility index (Phi) is 6.64. The summed E-state index contributed by atoms with van der Waals surface area (Å²) < 4.78 is 57.5. The molecule has 0 amide bonds. The second kappa shape index (κ2) is 9.94. The number of anilines is 1. The highest BCUT2D eigenvalue weighted by atomic mass is 19.4. The lowest BCUT2D eigenvalue weighted by Crippen LogP contribution is -2.32. The number of benzene rings is 1. The lowest BCUT2D eigenvalue weighted by molar-refractivity contribution is -0.138. The molecule has 0 aliphatic heterocycles. The number of hydrogen-bond donors (Lipinski definition) is 3. The van der Waals surface area contributed by atoms with Crippen LogP contribution in [0.15, 0.2) is 64.6 Å². The number of aliphatic hydroxyl groups is 1. The highest BCUT2D eigenvalue weighted by molar-refractivity contribution is 5.86. The van der Waals surface area contributed by atoms with Gasteiger partial charge >= 0.3 is 6.18 Å². The van der Waals surface area contributed by atoms with Crippen molar-refractivity contribution < 1.29 is 22.7 Å². The third kappa shape index (κ3) is 5.23. The molecule has 4 aromatic heterocycles. The standard InChI is InChI=1S/C25H21F4N7O3/c1-13(31-19-11-30-33-23(38)21(19)25(27,28)29)8-15(37)12-35-7-5-14-9-17(18(26)10-16(14)24(35)39)22-32-20-4-2-3-6-36(20)34-22/h2-7,9-11,13,15,37H,8,12H2,1H3,(H2,31,33,38)/t13-,15-/m0/s1. The fraction of sp³-hybridized carbons (Fsp3) is 0.240. The minimum atomic E-state index is -4.91. The number of pyridine rings is 2. The summed E-state index contributed by atoms with van der Waals surface area (Å²) in [7, 11) is 0. The van der Waals surface area contributed by atoms with Gasteiger partial charge in [0.15, 0.2) is 11.5 Å². The van der Waals surface area contributed by atoms with Crippen LogP contribution in [-0.4, -0.2) is 46.6 Å². The Bertz CT molecular complexity index is 1760. The van der Waals surface area contributed by atoms with E-state index in [1.165, 1.54) is 28.3 Å². The van der Waals surface area contributed by atoms with Crippen molar-refractivity contribution in [3.8, 4) is 11.4 Å². The van der Waals surface area contributed by atoms with Gasteiger partial charge in [0, 0.05) is 18.4 Å². The van der Waals surface area contributed by atoms with Crippen molar-refractivity contribution in [3.05, 3.63) is 87.1 Å². The van der Waals surface area contributed by atoms with Crippen molar-refractivity contribution >= 4 is 22.1 Å². The van der Waals surface area contributed by atoms with E-state index in [2.05, 4.69) is 20.5 Å². The minimum absolute atomic E-state index is 0.0680. The quantitative estimate of drug-likeness (QED) is 0.269. The predicted molar refractivity (Wildman–Crippen MR) is 134 cm³/mol. The molecule has 1 aromatic carbocycles. The Morgan fingerprint density at radius 3 is 2.69 bits per heavy atom. The first-order valence-electron chi connectivity index (χ1n) is 11.7. The fourth-order valence-corrected chi connectivity index (χ4v) is 4.39. The maximum atomic E-state index is 15.0. The number of aromatic amines is 1. The molecule has 0 fully saturated rings. The van der Waals surface area contributed by atoms with Gasteiger partial charge in [0.05, 0.1) is 35.5 Å². The van der Waals surface area contributed by atoms with Crippen LogP contribution in [-0.2, 0) is 12.7 Å². The van der Waals surface area contributed by atoms with Crippen molar-refractivity contribution in [2.24, 2.45) is 0 Å². The first kappa shape index (κ1) is 26.0. The number of aromatic nitrogens is 6. The zero-order valence-electron chi connectivity index (χ0n) is 20.3. The number of H-pyrrole nitrogens is 1. The summed E-state index contributed by atoms with van der Waals surface area (Å²) in [5.74, 6) is -0.537. The maximum absolute atomic E-state index is 15.0. The Hall–Kier alpha value is -4.59. The Morgan fingerprint density at radius 1 is 1.15 bits per heavy atom. The third-order valence-corrected chi connectivity index (χ3v) is 6.12. The van der Waals surface area contributed by atoms with Crippen LogP contribution in [0, 0.1) is 5.82 Å². The van der Waals surface area contributed by atoms with Gasteiger partial charge in [-0.2, -0.15) is 18.3 Å². The van der Waals surface area contributed by atoms with Gasteiger partial charge in [0.25, 0.3) is 11.1 Å². The SMILES string of the molecule is C[C@@H](C[C@H](O)Cn1ccc2cc(-c3nc4ccccn4n3)c(F)cc2c1=O)Nc1cn[nH]c(=O)c1C(F)(F)F. The molecule has 4 heterocycles. The number of halogens is 4. The normalized spacial score (nSPS) is 13.6. The van der Waals surface area contributed by atoms with Crippen LogP contribution in [0.5, 0.6) is 0 Å². The monoisotopic (exact) mass is 543 g/mol. The first-order valence-corrected chi connectivity index (χ1v) is 11.7. The molecular weight excluding hydrogens is 522 g/mol. The maximum Gasteiger partial charge on any atom is 0.423 e. The topological polar surface area (TPSA) is 130 Å². The number of hydrogen-bond acceptors (Lipinski definition) is 7. The van der Waals surface area contributed by atoms with E-state index < -0.39 is 46.5 Å². The molecule has 0 bridgehead atoms. The molecule has 0 unspecified atom stereocenters. The molecule has 0 radical (unpaired) electrons. The summed E-state index contributed by atoms with van der Waals surface area (Å²) in [5.41, 5.74) is -3.25. The smallest absolute Gasteiger partial charge is 0.391 e. The summed E-state index contributed by atoms with van der Waals surface area (Å²) in [6.07, 6.45) is -2.18. The number of rotatable bonds is 7. The van der Waals surface area contributed by atoms with E-state index in [1.807, 2.05) is 0 Å². The number of fused-ring (bicyclic) bond motifs is 2. The van der Waals surface area contributed by atoms with Crippen molar-refractivity contribution in [1.29, 1.82) is 0 Å². The van der Waals surface area contributed by atoms with Crippen LogP contribution in [0.4, 0.5) is 23.2 Å². The van der Waals surface area contributed by atoms with Crippen molar-refractivity contribution in [1.82, 2.24) is 29.4 Å². The molecular formula is C25H21F4N7O3. The van der Waals surface area contributed by atoms with Gasteiger partial charge in [-0.1, -0.05) is 6.07 Å². The third-order valence-electron chi connectivity index (χ3n) is 6.12. The van der Waals surface area contributed by atoms with E-state index in [9.17, 15) is 27.9 Å². The predicted octanol–water partition coefficient (Wildman–Crippen LogP) is 3.20. The molecule has 202 valence electrons. The molecule has 2 atom stereocenters. The second-order valence-electron chi connectivity index (χ2n) is 9.05. The molecule has 0 spiro atoms.